The average Bonchev–Trinajstić information content (AvgIpc) is 2.74. The van der Waals surface area contributed by atoms with Crippen molar-refractivity contribution in [1.29, 1.82) is 0 Å². The summed E-state index contributed by atoms with van der Waals surface area (Å²) in [5, 5.41) is 2.84. The normalized spacial score (nSPS) is 10.2. The Kier molecular flexibility index (Phi) is 6.82. The molecule has 1 aromatic heterocycles. The highest BCUT2D eigenvalue weighted by Crippen LogP contribution is 2.18. The van der Waals surface area contributed by atoms with Gasteiger partial charge in [-0.05, 0) is 37.6 Å². The van der Waals surface area contributed by atoms with Crippen LogP contribution in [0, 0.1) is 13.8 Å². The second-order valence-electron chi connectivity index (χ2n) is 6.43. The molecule has 8 nitrogen and oxygen atoms in total. The van der Waals surface area contributed by atoms with Gasteiger partial charge in [0, 0.05) is 5.69 Å². The second kappa shape index (κ2) is 9.71. The van der Waals surface area contributed by atoms with Crippen molar-refractivity contribution in [3.8, 4) is 5.75 Å². The number of aromatic nitrogens is 2. The fraction of sp³-hybridized carbons (Fsp3) is 0.143. The van der Waals surface area contributed by atoms with Gasteiger partial charge >= 0.3 is 0 Å². The molecule has 1 heterocycles. The Balaban J connectivity index is 1.57. The maximum absolute atomic E-state index is 12.5. The van der Waals surface area contributed by atoms with Crippen LogP contribution in [0.2, 0.25) is 5.02 Å². The number of rotatable bonds is 7. The molecule has 0 unspecified atom stereocenters. The van der Waals surface area contributed by atoms with Crippen molar-refractivity contribution < 1.29 is 14.3 Å². The molecular weight excluding hydrogens is 406 g/mol. The van der Waals surface area contributed by atoms with E-state index >= 15 is 0 Å². The Hall–Kier alpha value is -3.65. The molecule has 0 spiro atoms. The van der Waals surface area contributed by atoms with E-state index < -0.39 is 11.8 Å². The molecule has 0 radical (unpaired) electrons. The van der Waals surface area contributed by atoms with Crippen LogP contribution in [0.1, 0.15) is 21.6 Å². The van der Waals surface area contributed by atoms with E-state index in [0.717, 1.165) is 11.1 Å². The van der Waals surface area contributed by atoms with Gasteiger partial charge in [0.05, 0.1) is 11.2 Å². The number of ether oxygens (including phenoxy) is 1. The first-order chi connectivity index (χ1) is 14.4. The van der Waals surface area contributed by atoms with Gasteiger partial charge < -0.3 is 10.1 Å². The van der Waals surface area contributed by atoms with Crippen molar-refractivity contribution in [3.63, 3.8) is 0 Å². The number of para-hydroxylation sites is 1. The van der Waals surface area contributed by atoms with Crippen LogP contribution in [0.15, 0.2) is 54.7 Å². The molecular formula is C21H20ClN5O3. The van der Waals surface area contributed by atoms with Crippen molar-refractivity contribution in [2.45, 2.75) is 13.8 Å². The van der Waals surface area contributed by atoms with Crippen LogP contribution >= 0.6 is 11.6 Å². The number of hydrogen-bond acceptors (Lipinski definition) is 6. The van der Waals surface area contributed by atoms with E-state index in [2.05, 4.69) is 26.1 Å². The predicted octanol–water partition coefficient (Wildman–Crippen LogP) is 3.52. The number of nitrogens with zero attached hydrogens (tertiary/aromatic N) is 2. The van der Waals surface area contributed by atoms with Crippen LogP contribution in [-0.2, 0) is 4.79 Å². The minimum absolute atomic E-state index is 0.0121. The van der Waals surface area contributed by atoms with Crippen molar-refractivity contribution in [2.24, 2.45) is 0 Å². The quantitative estimate of drug-likeness (QED) is 0.500. The summed E-state index contributed by atoms with van der Waals surface area (Å²) in [6.45, 7) is 3.63. The lowest BCUT2D eigenvalue weighted by Crippen LogP contribution is -2.34. The highest BCUT2D eigenvalue weighted by atomic mass is 35.5. The summed E-state index contributed by atoms with van der Waals surface area (Å²) in [7, 11) is 0. The molecule has 0 bridgehead atoms. The number of aryl methyl sites for hydroxylation is 2. The Morgan fingerprint density at radius 1 is 1.07 bits per heavy atom. The van der Waals surface area contributed by atoms with E-state index in [9.17, 15) is 9.59 Å². The summed E-state index contributed by atoms with van der Waals surface area (Å²) < 4.78 is 5.39. The van der Waals surface area contributed by atoms with Gasteiger partial charge in [0.1, 0.15) is 5.75 Å². The molecule has 0 aliphatic carbocycles. The monoisotopic (exact) mass is 425 g/mol. The number of carbonyl (C=O) groups excluding carboxylic acids is 2. The van der Waals surface area contributed by atoms with Gasteiger partial charge in [0.25, 0.3) is 11.8 Å². The first-order valence-electron chi connectivity index (χ1n) is 9.06. The lowest BCUT2D eigenvalue weighted by Gasteiger charge is -2.11. The van der Waals surface area contributed by atoms with E-state index in [0.29, 0.717) is 11.4 Å². The predicted molar refractivity (Wildman–Crippen MR) is 115 cm³/mol. The number of hydrogen-bond donors (Lipinski definition) is 3. The number of anilines is 2. The highest BCUT2D eigenvalue weighted by Gasteiger charge is 2.15. The van der Waals surface area contributed by atoms with E-state index in [4.69, 9.17) is 16.3 Å². The molecule has 9 heteroatoms. The molecule has 3 N–H and O–H groups in total. The molecule has 3 aromatic rings. The zero-order valence-electron chi connectivity index (χ0n) is 16.4. The van der Waals surface area contributed by atoms with Crippen LogP contribution in [0.3, 0.4) is 0 Å². The molecule has 154 valence electrons. The maximum atomic E-state index is 12.5. The molecule has 2 amide bonds. The minimum Gasteiger partial charge on any atom is -0.484 e. The summed E-state index contributed by atoms with van der Waals surface area (Å²) in [5.74, 6) is -0.347. The summed E-state index contributed by atoms with van der Waals surface area (Å²) in [5.41, 5.74) is 7.57. The van der Waals surface area contributed by atoms with Crippen molar-refractivity contribution in [2.75, 3.05) is 17.3 Å². The Morgan fingerprint density at radius 2 is 1.80 bits per heavy atom. The van der Waals surface area contributed by atoms with Crippen molar-refractivity contribution in [1.82, 2.24) is 15.4 Å². The standard InChI is InChI=1S/C21H20ClN5O3/c1-13-7-9-15(10-8-13)30-12-18(28)26-27-21-23-11-16(22)19(25-21)20(29)24-17-6-4-3-5-14(17)2/h3-11H,12H2,1-2H3,(H,24,29)(H,26,28)(H,23,25,27). The summed E-state index contributed by atoms with van der Waals surface area (Å²) in [6.07, 6.45) is 1.28. The summed E-state index contributed by atoms with van der Waals surface area (Å²) in [6, 6.07) is 14.7. The molecule has 0 saturated carbocycles. The second-order valence-corrected chi connectivity index (χ2v) is 6.84. The summed E-state index contributed by atoms with van der Waals surface area (Å²) >= 11 is 6.07. The smallest absolute Gasteiger partial charge is 0.276 e. The largest absolute Gasteiger partial charge is 0.484 e. The Labute approximate surface area is 178 Å². The van der Waals surface area contributed by atoms with Gasteiger partial charge in [0.2, 0.25) is 5.95 Å². The van der Waals surface area contributed by atoms with Gasteiger partial charge in [-0.2, -0.15) is 0 Å². The van der Waals surface area contributed by atoms with E-state index in [-0.39, 0.29) is 23.3 Å². The highest BCUT2D eigenvalue weighted by molar-refractivity contribution is 6.34. The maximum Gasteiger partial charge on any atom is 0.276 e. The zero-order chi connectivity index (χ0) is 21.5. The fourth-order valence-corrected chi connectivity index (χ4v) is 2.60. The Bertz CT molecular complexity index is 1060. The number of benzene rings is 2. The van der Waals surface area contributed by atoms with E-state index in [1.807, 2.05) is 44.2 Å². The van der Waals surface area contributed by atoms with Crippen LogP contribution in [-0.4, -0.2) is 28.4 Å². The molecule has 0 aliphatic heterocycles. The number of nitrogens with one attached hydrogen (secondary N) is 3. The fourth-order valence-electron chi connectivity index (χ4n) is 2.43. The van der Waals surface area contributed by atoms with Gasteiger partial charge in [-0.1, -0.05) is 47.5 Å². The first-order valence-corrected chi connectivity index (χ1v) is 9.44. The number of hydrazine groups is 1. The lowest BCUT2D eigenvalue weighted by molar-refractivity contribution is -0.122. The zero-order valence-corrected chi connectivity index (χ0v) is 17.2. The lowest BCUT2D eigenvalue weighted by atomic mass is 10.2. The van der Waals surface area contributed by atoms with Crippen molar-refractivity contribution in [3.05, 3.63) is 76.6 Å². The van der Waals surface area contributed by atoms with Gasteiger partial charge in [-0.25, -0.2) is 9.97 Å². The summed E-state index contributed by atoms with van der Waals surface area (Å²) in [4.78, 5) is 32.5. The number of halogens is 1. The molecule has 0 aliphatic rings. The first kappa shape index (κ1) is 21.1. The van der Waals surface area contributed by atoms with Gasteiger partial charge in [-0.15, -0.1) is 0 Å². The van der Waals surface area contributed by atoms with Gasteiger partial charge in [-0.3, -0.25) is 20.4 Å². The van der Waals surface area contributed by atoms with Gasteiger partial charge in [0.15, 0.2) is 12.3 Å². The van der Waals surface area contributed by atoms with E-state index in [1.54, 1.807) is 18.2 Å². The molecule has 2 aromatic carbocycles. The molecule has 0 atom stereocenters. The molecule has 3 rings (SSSR count). The SMILES string of the molecule is Cc1ccc(OCC(=O)NNc2ncc(Cl)c(C(=O)Nc3ccccc3C)n2)cc1. The van der Waals surface area contributed by atoms with Crippen LogP contribution in [0.4, 0.5) is 11.6 Å². The number of amides is 2. The molecule has 0 fully saturated rings. The van der Waals surface area contributed by atoms with Crippen LogP contribution in [0.5, 0.6) is 5.75 Å². The third-order valence-corrected chi connectivity index (χ3v) is 4.33. The molecule has 30 heavy (non-hydrogen) atoms. The Morgan fingerprint density at radius 3 is 2.53 bits per heavy atom. The van der Waals surface area contributed by atoms with Crippen LogP contribution in [0.25, 0.3) is 0 Å². The van der Waals surface area contributed by atoms with E-state index in [1.165, 1.54) is 6.20 Å². The average molecular weight is 426 g/mol. The molecule has 0 saturated heterocycles. The van der Waals surface area contributed by atoms with Crippen molar-refractivity contribution >= 4 is 35.1 Å². The third-order valence-electron chi connectivity index (χ3n) is 4.06. The van der Waals surface area contributed by atoms with Crippen LogP contribution < -0.4 is 20.9 Å². The topological polar surface area (TPSA) is 105 Å². The minimum atomic E-state index is -0.492. The number of carbonyl (C=O) groups is 2. The third kappa shape index (κ3) is 5.68.